The number of carbonyl (C=O) groups excluding carboxylic acids is 1. The summed E-state index contributed by atoms with van der Waals surface area (Å²) >= 11 is 1.79. The first kappa shape index (κ1) is 12.4. The van der Waals surface area contributed by atoms with Gasteiger partial charge in [-0.15, -0.1) is 11.3 Å². The highest BCUT2D eigenvalue weighted by Gasteiger charge is 2.21. The lowest BCUT2D eigenvalue weighted by molar-refractivity contribution is 0.0308. The zero-order valence-corrected chi connectivity index (χ0v) is 11.3. The second kappa shape index (κ2) is 4.66. The molecule has 0 aliphatic carbocycles. The summed E-state index contributed by atoms with van der Waals surface area (Å²) in [4.78, 5) is 13.0. The number of amides is 1. The van der Waals surface area contributed by atoms with Gasteiger partial charge in [-0.1, -0.05) is 0 Å². The summed E-state index contributed by atoms with van der Waals surface area (Å²) in [5.74, 6) is 0. The van der Waals surface area contributed by atoms with Crippen LogP contribution in [-0.2, 0) is 17.7 Å². The Morgan fingerprint density at radius 2 is 2.29 bits per heavy atom. The number of rotatable bonds is 1. The largest absolute Gasteiger partial charge is 0.443 e. The number of hydrazine groups is 1. The fourth-order valence-electron chi connectivity index (χ4n) is 1.77. The minimum Gasteiger partial charge on any atom is -0.443 e. The molecule has 2 heterocycles. The minimum absolute atomic E-state index is 0.379. The van der Waals surface area contributed by atoms with Gasteiger partial charge in [0.25, 0.3) is 0 Å². The van der Waals surface area contributed by atoms with E-state index in [0.29, 0.717) is 0 Å². The number of hydrogen-bond donors (Lipinski definition) is 1. The van der Waals surface area contributed by atoms with Crippen LogP contribution in [0, 0.1) is 0 Å². The van der Waals surface area contributed by atoms with Crippen molar-refractivity contribution in [2.24, 2.45) is 0 Å². The summed E-state index contributed by atoms with van der Waals surface area (Å²) in [6.45, 7) is 7.18. The summed E-state index contributed by atoms with van der Waals surface area (Å²) in [5.41, 5.74) is 3.63. The van der Waals surface area contributed by atoms with Gasteiger partial charge in [-0.3, -0.25) is 5.43 Å². The summed E-state index contributed by atoms with van der Waals surface area (Å²) in [5, 5.41) is 4.00. The highest BCUT2D eigenvalue weighted by molar-refractivity contribution is 7.10. The molecule has 5 heteroatoms. The van der Waals surface area contributed by atoms with Crippen LogP contribution in [0.1, 0.15) is 31.2 Å². The molecule has 1 aromatic rings. The molecule has 1 N–H and O–H groups in total. The Hall–Kier alpha value is -1.07. The van der Waals surface area contributed by atoms with Crippen LogP contribution in [-0.4, -0.2) is 23.2 Å². The minimum atomic E-state index is -0.451. The number of fused-ring (bicyclic) bond motifs is 1. The lowest BCUT2D eigenvalue weighted by Gasteiger charge is -2.28. The SMILES string of the molecule is CC(C)(C)OC(=O)NN1CCc2sccc2C1. The fraction of sp³-hybridized carbons (Fsp3) is 0.583. The van der Waals surface area contributed by atoms with Crippen molar-refractivity contribution >= 4 is 17.4 Å². The van der Waals surface area contributed by atoms with E-state index < -0.39 is 5.60 Å². The van der Waals surface area contributed by atoms with Crippen LogP contribution in [0.5, 0.6) is 0 Å². The smallest absolute Gasteiger partial charge is 0.422 e. The molecule has 1 aliphatic heterocycles. The quantitative estimate of drug-likeness (QED) is 0.837. The molecular formula is C12H18N2O2S. The maximum absolute atomic E-state index is 11.6. The number of carbonyl (C=O) groups is 1. The first-order chi connectivity index (χ1) is 7.94. The van der Waals surface area contributed by atoms with Crippen molar-refractivity contribution in [1.82, 2.24) is 10.4 Å². The molecule has 0 radical (unpaired) electrons. The fourth-order valence-corrected chi connectivity index (χ4v) is 2.66. The molecular weight excluding hydrogens is 236 g/mol. The van der Waals surface area contributed by atoms with Crippen molar-refractivity contribution in [3.05, 3.63) is 21.9 Å². The zero-order chi connectivity index (χ0) is 12.5. The molecule has 2 rings (SSSR count). The predicted molar refractivity (Wildman–Crippen MR) is 67.8 cm³/mol. The van der Waals surface area contributed by atoms with Gasteiger partial charge >= 0.3 is 6.09 Å². The molecule has 0 unspecified atom stereocenters. The van der Waals surface area contributed by atoms with Crippen molar-refractivity contribution in [2.45, 2.75) is 39.3 Å². The average molecular weight is 254 g/mol. The van der Waals surface area contributed by atoms with Gasteiger partial charge in [0.1, 0.15) is 5.60 Å². The predicted octanol–water partition coefficient (Wildman–Crippen LogP) is 2.55. The third kappa shape index (κ3) is 3.44. The third-order valence-corrected chi connectivity index (χ3v) is 3.48. The van der Waals surface area contributed by atoms with Crippen LogP contribution < -0.4 is 5.43 Å². The van der Waals surface area contributed by atoms with E-state index in [1.165, 1.54) is 10.4 Å². The van der Waals surface area contributed by atoms with Crippen LogP contribution in [0.4, 0.5) is 4.79 Å². The Morgan fingerprint density at radius 1 is 1.53 bits per heavy atom. The lowest BCUT2D eigenvalue weighted by atomic mass is 10.1. The summed E-state index contributed by atoms with van der Waals surface area (Å²) < 4.78 is 5.22. The van der Waals surface area contributed by atoms with Crippen LogP contribution in [0.15, 0.2) is 11.4 Å². The molecule has 0 aromatic carbocycles. The van der Waals surface area contributed by atoms with E-state index in [9.17, 15) is 4.79 Å². The maximum Gasteiger partial charge on any atom is 0.422 e. The number of nitrogens with zero attached hydrogens (tertiary/aromatic N) is 1. The third-order valence-electron chi connectivity index (χ3n) is 2.46. The Bertz CT molecular complexity index is 409. The standard InChI is InChI=1S/C12H18N2O2S/c1-12(2,3)16-11(15)13-14-6-4-10-9(8-14)5-7-17-10/h5,7H,4,6,8H2,1-3H3,(H,13,15). The highest BCUT2D eigenvalue weighted by atomic mass is 32.1. The Morgan fingerprint density at radius 3 is 3.00 bits per heavy atom. The molecule has 0 fully saturated rings. The molecule has 0 saturated carbocycles. The van der Waals surface area contributed by atoms with Gasteiger partial charge in [-0.05, 0) is 44.2 Å². The molecule has 4 nitrogen and oxygen atoms in total. The van der Waals surface area contributed by atoms with E-state index in [1.54, 1.807) is 11.3 Å². The molecule has 17 heavy (non-hydrogen) atoms. The van der Waals surface area contributed by atoms with Crippen LogP contribution in [0.2, 0.25) is 0 Å². The number of thiophene rings is 1. The zero-order valence-electron chi connectivity index (χ0n) is 10.4. The van der Waals surface area contributed by atoms with Gasteiger partial charge in [0, 0.05) is 18.0 Å². The van der Waals surface area contributed by atoms with Gasteiger partial charge < -0.3 is 4.74 Å². The molecule has 94 valence electrons. The highest BCUT2D eigenvalue weighted by Crippen LogP contribution is 2.23. The van der Waals surface area contributed by atoms with Crippen LogP contribution in [0.3, 0.4) is 0 Å². The Kier molecular flexibility index (Phi) is 3.40. The molecule has 0 saturated heterocycles. The average Bonchev–Trinajstić information content (AvgIpc) is 2.61. The summed E-state index contributed by atoms with van der Waals surface area (Å²) in [6, 6.07) is 2.11. The van der Waals surface area contributed by atoms with Crippen molar-refractivity contribution in [1.29, 1.82) is 0 Å². The first-order valence-corrected chi connectivity index (χ1v) is 6.62. The normalized spacial score (nSPS) is 16.4. The maximum atomic E-state index is 11.6. The summed E-state index contributed by atoms with van der Waals surface area (Å²) in [7, 11) is 0. The number of nitrogens with one attached hydrogen (secondary N) is 1. The van der Waals surface area contributed by atoms with E-state index >= 15 is 0 Å². The molecule has 0 bridgehead atoms. The Balaban J connectivity index is 1.88. The van der Waals surface area contributed by atoms with Gasteiger partial charge in [0.05, 0.1) is 0 Å². The Labute approximate surface area is 106 Å². The van der Waals surface area contributed by atoms with E-state index in [4.69, 9.17) is 4.74 Å². The van der Waals surface area contributed by atoms with E-state index in [1.807, 2.05) is 25.8 Å². The lowest BCUT2D eigenvalue weighted by Crippen LogP contribution is -2.46. The number of ether oxygens (including phenoxy) is 1. The van der Waals surface area contributed by atoms with Crippen LogP contribution in [0.25, 0.3) is 0 Å². The van der Waals surface area contributed by atoms with Crippen molar-refractivity contribution in [3.8, 4) is 0 Å². The second-order valence-electron chi connectivity index (χ2n) is 5.15. The van der Waals surface area contributed by atoms with E-state index in [-0.39, 0.29) is 6.09 Å². The van der Waals surface area contributed by atoms with E-state index in [2.05, 4.69) is 16.9 Å². The monoisotopic (exact) mass is 254 g/mol. The van der Waals surface area contributed by atoms with Gasteiger partial charge in [0.15, 0.2) is 0 Å². The van der Waals surface area contributed by atoms with Crippen LogP contribution >= 0.6 is 11.3 Å². The molecule has 1 aliphatic rings. The van der Waals surface area contributed by atoms with Gasteiger partial charge in [-0.2, -0.15) is 0 Å². The van der Waals surface area contributed by atoms with Gasteiger partial charge in [-0.25, -0.2) is 9.80 Å². The molecule has 0 spiro atoms. The number of hydrogen-bond acceptors (Lipinski definition) is 4. The first-order valence-electron chi connectivity index (χ1n) is 5.74. The van der Waals surface area contributed by atoms with Gasteiger partial charge in [0.2, 0.25) is 0 Å². The second-order valence-corrected chi connectivity index (χ2v) is 6.15. The molecule has 1 amide bonds. The topological polar surface area (TPSA) is 41.6 Å². The van der Waals surface area contributed by atoms with E-state index in [0.717, 1.165) is 19.5 Å². The summed E-state index contributed by atoms with van der Waals surface area (Å²) in [6.07, 6.45) is 0.610. The van der Waals surface area contributed by atoms with Crippen molar-refractivity contribution in [2.75, 3.05) is 6.54 Å². The van der Waals surface area contributed by atoms with Crippen molar-refractivity contribution < 1.29 is 9.53 Å². The molecule has 0 atom stereocenters. The van der Waals surface area contributed by atoms with Crippen molar-refractivity contribution in [3.63, 3.8) is 0 Å². The molecule has 1 aromatic heterocycles.